The van der Waals surface area contributed by atoms with Crippen LogP contribution in [0.2, 0.25) is 0 Å². The Morgan fingerprint density at radius 3 is 2.65 bits per heavy atom. The van der Waals surface area contributed by atoms with E-state index < -0.39 is 0 Å². The van der Waals surface area contributed by atoms with Crippen molar-refractivity contribution >= 4 is 29.9 Å². The molecule has 3 N–H and O–H groups in total. The normalized spacial score (nSPS) is 20.3. The van der Waals surface area contributed by atoms with E-state index in [1.807, 2.05) is 37.3 Å². The lowest BCUT2D eigenvalue weighted by Crippen LogP contribution is -2.45. The first kappa shape index (κ1) is 20.7. The molecule has 0 saturated heterocycles. The van der Waals surface area contributed by atoms with Crippen molar-refractivity contribution < 1.29 is 9.52 Å². The lowest BCUT2D eigenvalue weighted by Gasteiger charge is -2.27. The molecule has 142 valence electrons. The Morgan fingerprint density at radius 1 is 1.23 bits per heavy atom. The highest BCUT2D eigenvalue weighted by atomic mass is 127. The molecule has 0 atom stereocenters. The van der Waals surface area contributed by atoms with E-state index in [1.54, 1.807) is 6.26 Å². The summed E-state index contributed by atoms with van der Waals surface area (Å²) < 4.78 is 5.56. The van der Waals surface area contributed by atoms with Gasteiger partial charge >= 0.3 is 0 Å². The fourth-order valence-electron chi connectivity index (χ4n) is 2.99. The second kappa shape index (κ2) is 10.5. The predicted octanol–water partition coefficient (Wildman–Crippen LogP) is 3.32. The number of nitrogens with one attached hydrogen (secondary N) is 2. The lowest BCUT2D eigenvalue weighted by molar-refractivity contribution is 0.120. The van der Waals surface area contributed by atoms with Crippen LogP contribution in [-0.2, 0) is 6.54 Å². The molecule has 1 saturated carbocycles. The van der Waals surface area contributed by atoms with Crippen LogP contribution in [0.3, 0.4) is 0 Å². The number of aromatic nitrogens is 1. The summed E-state index contributed by atoms with van der Waals surface area (Å²) >= 11 is 0. The molecule has 0 bridgehead atoms. The summed E-state index contributed by atoms with van der Waals surface area (Å²) in [5.74, 6) is 1.40. The molecule has 0 unspecified atom stereocenters. The third-order valence-corrected chi connectivity index (χ3v) is 4.35. The van der Waals surface area contributed by atoms with Crippen LogP contribution in [0.4, 0.5) is 0 Å². The molecule has 1 aliphatic carbocycles. The third-order valence-electron chi connectivity index (χ3n) is 4.35. The summed E-state index contributed by atoms with van der Waals surface area (Å²) in [6.45, 7) is 3.31. The number of oxazole rings is 1. The fraction of sp³-hybridized carbons (Fsp3) is 0.474. The van der Waals surface area contributed by atoms with Crippen molar-refractivity contribution in [3.63, 3.8) is 0 Å². The minimum Gasteiger partial charge on any atom is -0.444 e. The van der Waals surface area contributed by atoms with Gasteiger partial charge in [-0.05, 0) is 44.7 Å². The Morgan fingerprint density at radius 2 is 1.96 bits per heavy atom. The van der Waals surface area contributed by atoms with Gasteiger partial charge in [0.05, 0.1) is 12.6 Å². The van der Waals surface area contributed by atoms with Gasteiger partial charge in [-0.1, -0.05) is 18.2 Å². The summed E-state index contributed by atoms with van der Waals surface area (Å²) in [5, 5.41) is 16.3. The van der Waals surface area contributed by atoms with Crippen molar-refractivity contribution in [1.82, 2.24) is 15.6 Å². The lowest BCUT2D eigenvalue weighted by atomic mass is 9.93. The van der Waals surface area contributed by atoms with Gasteiger partial charge in [-0.3, -0.25) is 0 Å². The molecule has 1 aliphatic rings. The van der Waals surface area contributed by atoms with Gasteiger partial charge in [0.15, 0.2) is 5.96 Å². The Labute approximate surface area is 171 Å². The van der Waals surface area contributed by atoms with Crippen LogP contribution in [0, 0.1) is 0 Å². The molecule has 7 heteroatoms. The molecule has 1 fully saturated rings. The average molecular weight is 470 g/mol. The van der Waals surface area contributed by atoms with Gasteiger partial charge in [-0.2, -0.15) is 0 Å². The minimum atomic E-state index is -0.149. The highest BCUT2D eigenvalue weighted by Gasteiger charge is 2.20. The maximum absolute atomic E-state index is 9.62. The zero-order chi connectivity index (χ0) is 17.5. The fourth-order valence-corrected chi connectivity index (χ4v) is 2.99. The Bertz CT molecular complexity index is 682. The molecule has 0 amide bonds. The van der Waals surface area contributed by atoms with Gasteiger partial charge < -0.3 is 20.2 Å². The molecular formula is C19H27IN4O2. The summed E-state index contributed by atoms with van der Waals surface area (Å²) in [7, 11) is 0. The van der Waals surface area contributed by atoms with Gasteiger partial charge in [0.1, 0.15) is 12.0 Å². The highest BCUT2D eigenvalue weighted by molar-refractivity contribution is 14.0. The third kappa shape index (κ3) is 5.98. The van der Waals surface area contributed by atoms with Crippen molar-refractivity contribution in [3.05, 3.63) is 42.3 Å². The van der Waals surface area contributed by atoms with E-state index >= 15 is 0 Å². The summed E-state index contributed by atoms with van der Waals surface area (Å²) in [5.41, 5.74) is 1.76. The zero-order valence-corrected chi connectivity index (χ0v) is 17.3. The number of aliphatic imine (C=N–C) groups is 1. The summed E-state index contributed by atoms with van der Waals surface area (Å²) in [6.07, 6.45) is 5.14. The Balaban J connectivity index is 0.00000243. The molecule has 0 aliphatic heterocycles. The smallest absolute Gasteiger partial charge is 0.226 e. The van der Waals surface area contributed by atoms with Crippen LogP contribution in [0.25, 0.3) is 11.5 Å². The van der Waals surface area contributed by atoms with E-state index in [0.717, 1.165) is 49.4 Å². The number of hydrogen-bond donors (Lipinski definition) is 3. The van der Waals surface area contributed by atoms with E-state index in [1.165, 1.54) is 0 Å². The topological polar surface area (TPSA) is 82.7 Å². The minimum absolute atomic E-state index is 0. The van der Waals surface area contributed by atoms with Gasteiger partial charge in [-0.15, -0.1) is 24.0 Å². The van der Waals surface area contributed by atoms with Crippen LogP contribution in [0.5, 0.6) is 0 Å². The first-order valence-corrected chi connectivity index (χ1v) is 8.97. The van der Waals surface area contributed by atoms with E-state index in [0.29, 0.717) is 18.5 Å². The molecule has 1 aromatic carbocycles. The maximum atomic E-state index is 9.62. The molecule has 0 spiro atoms. The van der Waals surface area contributed by atoms with E-state index in [4.69, 9.17) is 4.42 Å². The summed E-state index contributed by atoms with van der Waals surface area (Å²) in [6, 6.07) is 10.2. The highest BCUT2D eigenvalue weighted by Crippen LogP contribution is 2.19. The average Bonchev–Trinajstić information content (AvgIpc) is 3.12. The molecule has 6 nitrogen and oxygen atoms in total. The van der Waals surface area contributed by atoms with Crippen LogP contribution < -0.4 is 10.6 Å². The van der Waals surface area contributed by atoms with Crippen molar-refractivity contribution in [3.8, 4) is 11.5 Å². The SMILES string of the molecule is CCNC(=NCc1coc(-c2ccccc2)n1)NC1CCC(O)CC1.I. The number of aliphatic hydroxyl groups excluding tert-OH is 1. The molecule has 0 radical (unpaired) electrons. The second-order valence-electron chi connectivity index (χ2n) is 6.35. The number of halogens is 1. The van der Waals surface area contributed by atoms with E-state index in [-0.39, 0.29) is 30.1 Å². The molecular weight excluding hydrogens is 443 g/mol. The number of hydrogen-bond acceptors (Lipinski definition) is 4. The first-order chi connectivity index (χ1) is 12.2. The van der Waals surface area contributed by atoms with E-state index in [9.17, 15) is 5.11 Å². The van der Waals surface area contributed by atoms with Crippen molar-refractivity contribution in [2.75, 3.05) is 6.54 Å². The largest absolute Gasteiger partial charge is 0.444 e. The molecule has 1 heterocycles. The van der Waals surface area contributed by atoms with Gasteiger partial charge in [0.2, 0.25) is 5.89 Å². The molecule has 1 aromatic heterocycles. The van der Waals surface area contributed by atoms with Crippen LogP contribution in [0.1, 0.15) is 38.3 Å². The Kier molecular flexibility index (Phi) is 8.37. The summed E-state index contributed by atoms with van der Waals surface area (Å²) in [4.78, 5) is 9.12. The molecule has 3 rings (SSSR count). The maximum Gasteiger partial charge on any atom is 0.226 e. The van der Waals surface area contributed by atoms with Crippen molar-refractivity contribution in [1.29, 1.82) is 0 Å². The molecule has 2 aromatic rings. The van der Waals surface area contributed by atoms with Crippen molar-refractivity contribution in [2.24, 2.45) is 4.99 Å². The number of nitrogens with zero attached hydrogens (tertiary/aromatic N) is 2. The zero-order valence-electron chi connectivity index (χ0n) is 15.0. The van der Waals surface area contributed by atoms with Crippen LogP contribution >= 0.6 is 24.0 Å². The number of guanidine groups is 1. The molecule has 26 heavy (non-hydrogen) atoms. The predicted molar refractivity (Wildman–Crippen MR) is 114 cm³/mol. The Hall–Kier alpha value is -1.61. The first-order valence-electron chi connectivity index (χ1n) is 8.97. The monoisotopic (exact) mass is 470 g/mol. The second-order valence-corrected chi connectivity index (χ2v) is 6.35. The number of rotatable bonds is 5. The van der Waals surface area contributed by atoms with Gasteiger partial charge in [-0.25, -0.2) is 9.98 Å². The standard InChI is InChI=1S/C19H26N4O2.HI/c1-2-20-19(23-15-8-10-17(24)11-9-15)21-12-16-13-25-18(22-16)14-6-4-3-5-7-14;/h3-7,13,15,17,24H,2,8-12H2,1H3,(H2,20,21,23);1H. The number of aliphatic hydroxyl groups is 1. The van der Waals surface area contributed by atoms with Gasteiger partial charge in [0, 0.05) is 18.2 Å². The van der Waals surface area contributed by atoms with Crippen molar-refractivity contribution in [2.45, 2.75) is 51.3 Å². The van der Waals surface area contributed by atoms with Crippen LogP contribution in [-0.4, -0.2) is 34.7 Å². The van der Waals surface area contributed by atoms with Gasteiger partial charge in [0.25, 0.3) is 0 Å². The van der Waals surface area contributed by atoms with Crippen LogP contribution in [0.15, 0.2) is 46.0 Å². The number of benzene rings is 1. The van der Waals surface area contributed by atoms with E-state index in [2.05, 4.69) is 20.6 Å². The quantitative estimate of drug-likeness (QED) is 0.355.